The Morgan fingerprint density at radius 1 is 1.09 bits per heavy atom. The van der Waals surface area contributed by atoms with Gasteiger partial charge in [0.15, 0.2) is 0 Å². The predicted molar refractivity (Wildman–Crippen MR) is 136 cm³/mol. The van der Waals surface area contributed by atoms with E-state index in [-0.39, 0.29) is 17.4 Å². The Labute approximate surface area is 198 Å². The van der Waals surface area contributed by atoms with Crippen LogP contribution in [-0.2, 0) is 10.3 Å². The van der Waals surface area contributed by atoms with Gasteiger partial charge in [-0.2, -0.15) is 0 Å². The van der Waals surface area contributed by atoms with Gasteiger partial charge in [0.1, 0.15) is 0 Å². The number of benzene rings is 2. The summed E-state index contributed by atoms with van der Waals surface area (Å²) >= 11 is 0. The molecule has 0 saturated carbocycles. The number of H-pyrrole nitrogens is 1. The summed E-state index contributed by atoms with van der Waals surface area (Å²) in [5.41, 5.74) is 3.90. The normalized spacial score (nSPS) is 17.3. The van der Waals surface area contributed by atoms with Crippen molar-refractivity contribution in [1.29, 1.82) is 0 Å². The lowest BCUT2D eigenvalue weighted by atomic mass is 9.80. The number of likely N-dealkylation sites (tertiary alicyclic amines) is 1. The highest BCUT2D eigenvalue weighted by Crippen LogP contribution is 2.37. The predicted octanol–water partition coefficient (Wildman–Crippen LogP) is 4.72. The van der Waals surface area contributed by atoms with Crippen molar-refractivity contribution >= 4 is 16.8 Å². The van der Waals surface area contributed by atoms with Gasteiger partial charge in [0.2, 0.25) is 5.91 Å². The molecule has 1 aromatic heterocycles. The highest BCUT2D eigenvalue weighted by atomic mass is 16.1. The van der Waals surface area contributed by atoms with E-state index in [9.17, 15) is 4.79 Å². The van der Waals surface area contributed by atoms with E-state index < -0.39 is 0 Å². The highest BCUT2D eigenvalue weighted by molar-refractivity contribution is 5.85. The zero-order valence-corrected chi connectivity index (χ0v) is 20.3. The van der Waals surface area contributed by atoms with Gasteiger partial charge in [-0.15, -0.1) is 0 Å². The highest BCUT2D eigenvalue weighted by Gasteiger charge is 2.37. The van der Waals surface area contributed by atoms with E-state index in [4.69, 9.17) is 0 Å². The van der Waals surface area contributed by atoms with Gasteiger partial charge in [0.25, 0.3) is 0 Å². The number of carbonyl (C=O) groups is 1. The average Bonchev–Trinajstić information content (AvgIpc) is 3.27. The lowest BCUT2D eigenvalue weighted by Crippen LogP contribution is -2.50. The first-order chi connectivity index (χ1) is 16.0. The molecule has 4 rings (SSSR count). The Bertz CT molecular complexity index is 1030. The molecule has 2 N–H and O–H groups in total. The van der Waals surface area contributed by atoms with Crippen molar-refractivity contribution in [2.24, 2.45) is 0 Å². The third kappa shape index (κ3) is 5.31. The fourth-order valence-corrected chi connectivity index (χ4v) is 5.38. The third-order valence-electron chi connectivity index (χ3n) is 7.47. The van der Waals surface area contributed by atoms with Crippen LogP contribution in [0.1, 0.15) is 49.7 Å². The molecule has 0 radical (unpaired) electrons. The second-order valence-electron chi connectivity index (χ2n) is 9.73. The van der Waals surface area contributed by atoms with Gasteiger partial charge in [-0.25, -0.2) is 0 Å². The van der Waals surface area contributed by atoms with Crippen LogP contribution >= 0.6 is 0 Å². The average molecular weight is 447 g/mol. The molecule has 33 heavy (non-hydrogen) atoms. The van der Waals surface area contributed by atoms with Crippen LogP contribution in [0, 0.1) is 0 Å². The number of amides is 1. The Kier molecular flexibility index (Phi) is 7.51. The standard InChI is InChI=1S/C28H38N4O/c1-22(25-21-30-26-13-8-7-12-24(25)26)20-27(33)29-16-9-17-32-18-14-28(15-19-32,31(2)3)23-10-5-4-6-11-23/h4-8,10-13,21-22,30H,9,14-20H2,1-3H3,(H,29,33). The van der Waals surface area contributed by atoms with Crippen molar-refractivity contribution in [2.45, 2.75) is 44.1 Å². The van der Waals surface area contributed by atoms with E-state index in [1.54, 1.807) is 0 Å². The number of hydrogen-bond donors (Lipinski definition) is 2. The fourth-order valence-electron chi connectivity index (χ4n) is 5.38. The van der Waals surface area contributed by atoms with Crippen LogP contribution in [0.5, 0.6) is 0 Å². The maximum atomic E-state index is 12.5. The summed E-state index contributed by atoms with van der Waals surface area (Å²) in [4.78, 5) is 20.8. The molecule has 5 nitrogen and oxygen atoms in total. The lowest BCUT2D eigenvalue weighted by Gasteiger charge is -2.46. The van der Waals surface area contributed by atoms with E-state index in [0.717, 1.165) is 51.0 Å². The lowest BCUT2D eigenvalue weighted by molar-refractivity contribution is -0.121. The molecule has 1 atom stereocenters. The molecule has 5 heteroatoms. The van der Waals surface area contributed by atoms with Crippen molar-refractivity contribution in [3.05, 3.63) is 71.9 Å². The first-order valence-electron chi connectivity index (χ1n) is 12.3. The minimum atomic E-state index is 0.129. The van der Waals surface area contributed by atoms with E-state index in [1.807, 2.05) is 12.3 Å². The van der Waals surface area contributed by atoms with Crippen molar-refractivity contribution in [2.75, 3.05) is 40.3 Å². The molecule has 2 heterocycles. The van der Waals surface area contributed by atoms with E-state index in [0.29, 0.717) is 6.42 Å². The molecule has 1 amide bonds. The number of piperidine rings is 1. The minimum Gasteiger partial charge on any atom is -0.361 e. The largest absolute Gasteiger partial charge is 0.361 e. The topological polar surface area (TPSA) is 51.4 Å². The van der Waals surface area contributed by atoms with Gasteiger partial charge >= 0.3 is 0 Å². The molecule has 176 valence electrons. The van der Waals surface area contributed by atoms with Gasteiger partial charge in [0.05, 0.1) is 0 Å². The van der Waals surface area contributed by atoms with Crippen LogP contribution in [0.15, 0.2) is 60.8 Å². The number of hydrogen-bond acceptors (Lipinski definition) is 3. The molecular weight excluding hydrogens is 408 g/mol. The van der Waals surface area contributed by atoms with Gasteiger partial charge < -0.3 is 15.2 Å². The van der Waals surface area contributed by atoms with Crippen molar-refractivity contribution in [3.63, 3.8) is 0 Å². The second kappa shape index (κ2) is 10.5. The fraction of sp³-hybridized carbons (Fsp3) is 0.464. The molecule has 1 fully saturated rings. The molecule has 1 unspecified atom stereocenters. The minimum absolute atomic E-state index is 0.129. The third-order valence-corrected chi connectivity index (χ3v) is 7.47. The summed E-state index contributed by atoms with van der Waals surface area (Å²) in [7, 11) is 4.41. The first kappa shape index (κ1) is 23.5. The van der Waals surface area contributed by atoms with Crippen molar-refractivity contribution in [1.82, 2.24) is 20.1 Å². The van der Waals surface area contributed by atoms with Gasteiger partial charge in [0, 0.05) is 48.7 Å². The molecule has 0 spiro atoms. The SMILES string of the molecule is CC(CC(=O)NCCCN1CCC(c2ccccc2)(N(C)C)CC1)c1c[nH]c2ccccc12. The molecule has 1 aliphatic heterocycles. The number of aromatic amines is 1. The molecule has 3 aromatic rings. The van der Waals surface area contributed by atoms with E-state index >= 15 is 0 Å². The Morgan fingerprint density at radius 3 is 2.52 bits per heavy atom. The number of aromatic nitrogens is 1. The summed E-state index contributed by atoms with van der Waals surface area (Å²) < 4.78 is 0. The quantitative estimate of drug-likeness (QED) is 0.468. The first-order valence-corrected chi connectivity index (χ1v) is 12.3. The monoisotopic (exact) mass is 446 g/mol. The summed E-state index contributed by atoms with van der Waals surface area (Å²) in [6.07, 6.45) is 5.83. The molecule has 2 aromatic carbocycles. The van der Waals surface area contributed by atoms with E-state index in [1.165, 1.54) is 16.5 Å². The molecule has 1 saturated heterocycles. The van der Waals surface area contributed by atoms with Gasteiger partial charge in [-0.1, -0.05) is 55.5 Å². The van der Waals surface area contributed by atoms with Crippen LogP contribution in [0.3, 0.4) is 0 Å². The summed E-state index contributed by atoms with van der Waals surface area (Å²) in [6, 6.07) is 19.2. The van der Waals surface area contributed by atoms with Crippen LogP contribution < -0.4 is 5.32 Å². The maximum Gasteiger partial charge on any atom is 0.220 e. The molecular formula is C28H38N4O. The smallest absolute Gasteiger partial charge is 0.220 e. The Morgan fingerprint density at radius 2 is 1.79 bits per heavy atom. The maximum absolute atomic E-state index is 12.5. The molecule has 0 aliphatic carbocycles. The molecule has 1 aliphatic rings. The summed E-state index contributed by atoms with van der Waals surface area (Å²) in [5.74, 6) is 0.336. The zero-order valence-electron chi connectivity index (χ0n) is 20.3. The van der Waals surface area contributed by atoms with Crippen molar-refractivity contribution < 1.29 is 4.79 Å². The van der Waals surface area contributed by atoms with Crippen LogP contribution in [0.25, 0.3) is 10.9 Å². The number of para-hydroxylation sites is 1. The van der Waals surface area contributed by atoms with Gasteiger partial charge in [-0.05, 0) is 63.0 Å². The van der Waals surface area contributed by atoms with Crippen molar-refractivity contribution in [3.8, 4) is 0 Å². The number of carbonyl (C=O) groups excluding carboxylic acids is 1. The van der Waals surface area contributed by atoms with E-state index in [2.05, 4.69) is 89.7 Å². The van der Waals surface area contributed by atoms with Crippen LogP contribution in [0.4, 0.5) is 0 Å². The number of fused-ring (bicyclic) bond motifs is 1. The number of nitrogens with one attached hydrogen (secondary N) is 2. The molecule has 0 bridgehead atoms. The number of rotatable bonds is 9. The Balaban J connectivity index is 1.19. The second-order valence-corrected chi connectivity index (χ2v) is 9.73. The van der Waals surface area contributed by atoms with Gasteiger partial charge in [-0.3, -0.25) is 9.69 Å². The summed E-state index contributed by atoms with van der Waals surface area (Å²) in [6.45, 7) is 6.11. The Hall–Kier alpha value is -2.63. The zero-order chi connectivity index (χ0) is 23.3. The van der Waals surface area contributed by atoms with Crippen LogP contribution in [0.2, 0.25) is 0 Å². The van der Waals surface area contributed by atoms with Crippen LogP contribution in [-0.4, -0.2) is 61.0 Å². The summed E-state index contributed by atoms with van der Waals surface area (Å²) in [5, 5.41) is 4.35. The number of nitrogens with zero attached hydrogens (tertiary/aromatic N) is 2.